The number of thioether (sulfide) groups is 1. The van der Waals surface area contributed by atoms with Crippen molar-refractivity contribution < 1.29 is 13.2 Å². The molecule has 3 aromatic rings. The molecule has 0 aliphatic rings. The lowest BCUT2D eigenvalue weighted by molar-refractivity contribution is -0.137. The van der Waals surface area contributed by atoms with E-state index in [9.17, 15) is 13.2 Å². The van der Waals surface area contributed by atoms with Gasteiger partial charge in [0.2, 0.25) is 5.13 Å². The highest BCUT2D eigenvalue weighted by Gasteiger charge is 2.30. The van der Waals surface area contributed by atoms with Crippen molar-refractivity contribution in [3.63, 3.8) is 0 Å². The molecule has 0 saturated carbocycles. The predicted molar refractivity (Wildman–Crippen MR) is 86.4 cm³/mol. The van der Waals surface area contributed by atoms with Crippen LogP contribution in [-0.4, -0.2) is 15.2 Å². The second-order valence-corrected chi connectivity index (χ2v) is 7.50. The van der Waals surface area contributed by atoms with E-state index in [0.717, 1.165) is 22.2 Å². The van der Waals surface area contributed by atoms with Gasteiger partial charge in [-0.25, -0.2) is 4.98 Å². The Morgan fingerprint density at radius 1 is 1.13 bits per heavy atom. The summed E-state index contributed by atoms with van der Waals surface area (Å²) in [4.78, 5) is 4.44. The summed E-state index contributed by atoms with van der Waals surface area (Å²) in [6.07, 6.45) is -4.33. The lowest BCUT2D eigenvalue weighted by atomic mass is 10.1. The van der Waals surface area contributed by atoms with Crippen LogP contribution in [-0.2, 0) is 11.9 Å². The van der Waals surface area contributed by atoms with Crippen LogP contribution in [0.3, 0.4) is 0 Å². The molecule has 0 amide bonds. The van der Waals surface area contributed by atoms with E-state index >= 15 is 0 Å². The molecule has 10 heteroatoms. The average Bonchev–Trinajstić information content (AvgIpc) is 3.13. The van der Waals surface area contributed by atoms with Crippen LogP contribution in [0, 0.1) is 0 Å². The highest BCUT2D eigenvalue weighted by Crippen LogP contribution is 2.33. The van der Waals surface area contributed by atoms with Gasteiger partial charge in [-0.15, -0.1) is 21.5 Å². The van der Waals surface area contributed by atoms with Crippen LogP contribution < -0.4 is 5.73 Å². The topological polar surface area (TPSA) is 64.7 Å². The number of benzene rings is 1. The fraction of sp³-hybridized carbons (Fsp3) is 0.154. The molecule has 1 aromatic carbocycles. The van der Waals surface area contributed by atoms with Crippen LogP contribution in [0.5, 0.6) is 0 Å². The number of hydrogen-bond acceptors (Lipinski definition) is 7. The zero-order valence-electron chi connectivity index (χ0n) is 11.4. The molecule has 0 spiro atoms. The molecular weight excluding hydrogens is 365 g/mol. The maximum absolute atomic E-state index is 12.6. The van der Waals surface area contributed by atoms with Gasteiger partial charge >= 0.3 is 6.18 Å². The van der Waals surface area contributed by atoms with Crippen molar-refractivity contribution in [1.82, 2.24) is 15.2 Å². The largest absolute Gasteiger partial charge is 0.416 e. The van der Waals surface area contributed by atoms with Crippen molar-refractivity contribution in [3.05, 3.63) is 40.9 Å². The van der Waals surface area contributed by atoms with Gasteiger partial charge in [-0.2, -0.15) is 13.2 Å². The van der Waals surface area contributed by atoms with Gasteiger partial charge in [-0.05, 0) is 12.1 Å². The molecule has 0 fully saturated rings. The minimum absolute atomic E-state index is 0.413. The van der Waals surface area contributed by atoms with Crippen LogP contribution in [0.1, 0.15) is 11.3 Å². The maximum atomic E-state index is 12.6. The van der Waals surface area contributed by atoms with E-state index < -0.39 is 11.7 Å². The minimum atomic E-state index is -4.33. The first kappa shape index (κ1) is 16.2. The van der Waals surface area contributed by atoms with Crippen LogP contribution in [0.4, 0.5) is 18.3 Å². The Hall–Kier alpha value is -1.65. The van der Waals surface area contributed by atoms with Crippen LogP contribution in [0.25, 0.3) is 10.6 Å². The third-order valence-electron chi connectivity index (χ3n) is 2.78. The Morgan fingerprint density at radius 3 is 2.48 bits per heavy atom. The molecule has 23 heavy (non-hydrogen) atoms. The summed E-state index contributed by atoms with van der Waals surface area (Å²) in [6, 6.07) is 5.00. The van der Waals surface area contributed by atoms with E-state index in [1.54, 1.807) is 0 Å². The number of halogens is 3. The fourth-order valence-electron chi connectivity index (χ4n) is 1.72. The van der Waals surface area contributed by atoms with Gasteiger partial charge in [0.25, 0.3) is 0 Å². The second kappa shape index (κ2) is 6.46. The predicted octanol–water partition coefficient (Wildman–Crippen LogP) is 4.55. The molecule has 2 heterocycles. The van der Waals surface area contributed by atoms with Gasteiger partial charge in [-0.3, -0.25) is 0 Å². The molecule has 0 aliphatic heterocycles. The fourth-order valence-corrected chi connectivity index (χ4v) is 4.18. The summed E-state index contributed by atoms with van der Waals surface area (Å²) >= 11 is 4.16. The number of nitrogens with zero attached hydrogens (tertiary/aromatic N) is 3. The summed E-state index contributed by atoms with van der Waals surface area (Å²) < 4.78 is 38.4. The second-order valence-electron chi connectivity index (χ2n) is 4.41. The number of rotatable bonds is 4. The number of hydrogen-bond donors (Lipinski definition) is 1. The number of anilines is 1. The quantitative estimate of drug-likeness (QED) is 0.679. The highest BCUT2D eigenvalue weighted by atomic mass is 32.2. The van der Waals surface area contributed by atoms with Crippen molar-refractivity contribution in [2.45, 2.75) is 16.3 Å². The van der Waals surface area contributed by atoms with Crippen molar-refractivity contribution in [2.75, 3.05) is 5.73 Å². The van der Waals surface area contributed by atoms with Crippen molar-refractivity contribution in [1.29, 1.82) is 0 Å². The lowest BCUT2D eigenvalue weighted by Crippen LogP contribution is -2.03. The standard InChI is InChI=1S/C13H9F3N4S3/c14-13(15,16)8-3-1-7(2-4-8)10-18-9(5-21-10)6-22-12-20-19-11(17)23-12/h1-5H,6H2,(H2,17,19). The third-order valence-corrected chi connectivity index (χ3v) is 5.64. The van der Waals surface area contributed by atoms with Gasteiger partial charge in [0, 0.05) is 16.7 Å². The summed E-state index contributed by atoms with van der Waals surface area (Å²) in [7, 11) is 0. The number of alkyl halides is 3. The van der Waals surface area contributed by atoms with E-state index in [1.165, 1.54) is 46.6 Å². The van der Waals surface area contributed by atoms with Gasteiger partial charge in [0.05, 0.1) is 11.3 Å². The maximum Gasteiger partial charge on any atom is 0.416 e. The molecule has 2 aromatic heterocycles. The molecule has 0 radical (unpaired) electrons. The van der Waals surface area contributed by atoms with Gasteiger partial charge in [0.1, 0.15) is 5.01 Å². The molecule has 4 nitrogen and oxygen atoms in total. The average molecular weight is 374 g/mol. The van der Waals surface area contributed by atoms with Gasteiger partial charge in [0.15, 0.2) is 4.34 Å². The number of nitrogens with two attached hydrogens (primary N) is 1. The molecule has 3 rings (SSSR count). The first-order valence-corrected chi connectivity index (χ1v) is 8.94. The number of nitrogen functional groups attached to an aromatic ring is 1. The van der Waals surface area contributed by atoms with Crippen molar-refractivity contribution >= 4 is 39.6 Å². The van der Waals surface area contributed by atoms with Crippen LogP contribution in [0.15, 0.2) is 34.0 Å². The van der Waals surface area contributed by atoms with Gasteiger partial charge in [-0.1, -0.05) is 35.2 Å². The van der Waals surface area contributed by atoms with E-state index in [4.69, 9.17) is 5.73 Å². The summed E-state index contributed by atoms with van der Waals surface area (Å²) in [5, 5.41) is 10.6. The molecule has 0 atom stereocenters. The SMILES string of the molecule is Nc1nnc(SCc2csc(-c3ccc(C(F)(F)F)cc3)n2)s1. The van der Waals surface area contributed by atoms with Crippen molar-refractivity contribution in [3.8, 4) is 10.6 Å². The zero-order valence-corrected chi connectivity index (χ0v) is 13.8. The Bertz CT molecular complexity index is 795. The highest BCUT2D eigenvalue weighted by molar-refractivity contribution is 8.00. The monoisotopic (exact) mass is 374 g/mol. The van der Waals surface area contributed by atoms with Crippen molar-refractivity contribution in [2.24, 2.45) is 0 Å². The number of thiazole rings is 1. The van der Waals surface area contributed by atoms with E-state index in [1.807, 2.05) is 5.38 Å². The Labute approximate surface area is 141 Å². The van der Waals surface area contributed by atoms with Crippen LogP contribution >= 0.6 is 34.4 Å². The molecule has 0 unspecified atom stereocenters. The molecule has 2 N–H and O–H groups in total. The summed E-state index contributed by atoms with van der Waals surface area (Å²) in [6.45, 7) is 0. The smallest absolute Gasteiger partial charge is 0.374 e. The molecule has 0 aliphatic carbocycles. The van der Waals surface area contributed by atoms with Crippen LogP contribution in [0.2, 0.25) is 0 Å². The molecule has 0 bridgehead atoms. The molecule has 0 saturated heterocycles. The normalized spacial score (nSPS) is 11.8. The lowest BCUT2D eigenvalue weighted by Gasteiger charge is -2.06. The molecular formula is C13H9F3N4S3. The Morgan fingerprint density at radius 2 is 1.87 bits per heavy atom. The van der Waals surface area contributed by atoms with E-state index in [-0.39, 0.29) is 0 Å². The minimum Gasteiger partial charge on any atom is -0.374 e. The summed E-state index contributed by atoms with van der Waals surface area (Å²) in [5.41, 5.74) is 6.35. The van der Waals surface area contributed by atoms with E-state index in [2.05, 4.69) is 15.2 Å². The molecule has 120 valence electrons. The van der Waals surface area contributed by atoms with Gasteiger partial charge < -0.3 is 5.73 Å². The first-order valence-electron chi connectivity index (χ1n) is 6.25. The number of aromatic nitrogens is 3. The summed E-state index contributed by atoms with van der Waals surface area (Å²) in [5.74, 6) is 0.603. The third kappa shape index (κ3) is 4.01. The zero-order chi connectivity index (χ0) is 16.4. The van der Waals surface area contributed by atoms with E-state index in [0.29, 0.717) is 21.5 Å². The first-order chi connectivity index (χ1) is 10.9. The Kier molecular flexibility index (Phi) is 4.55. The Balaban J connectivity index is 1.69.